The van der Waals surface area contributed by atoms with E-state index >= 15 is 0 Å². The van der Waals surface area contributed by atoms with Gasteiger partial charge in [-0.1, -0.05) is 13.8 Å². The molecular weight excluding hydrogens is 508 g/mol. The Hall–Kier alpha value is -1.11. The van der Waals surface area contributed by atoms with Crippen molar-refractivity contribution in [3.05, 3.63) is 11.6 Å². The Bertz CT molecular complexity index is 1000. The summed E-state index contributed by atoms with van der Waals surface area (Å²) >= 11 is 0. The van der Waals surface area contributed by atoms with Crippen LogP contribution in [-0.4, -0.2) is 98.3 Å². The molecule has 0 unspecified atom stereocenters. The average molecular weight is 553 g/mol. The van der Waals surface area contributed by atoms with Crippen molar-refractivity contribution >= 4 is 5.97 Å². The van der Waals surface area contributed by atoms with Crippen LogP contribution in [0.4, 0.5) is 0 Å². The number of ether oxygens (including phenoxy) is 3. The second kappa shape index (κ2) is 9.73. The fraction of sp³-hybridized carbons (Fsp3) is 0.897. The van der Waals surface area contributed by atoms with E-state index in [1.54, 1.807) is 0 Å². The van der Waals surface area contributed by atoms with E-state index in [4.69, 9.17) is 14.2 Å². The Morgan fingerprint density at radius 2 is 1.74 bits per heavy atom. The fourth-order valence-electron chi connectivity index (χ4n) is 9.88. The van der Waals surface area contributed by atoms with Gasteiger partial charge >= 0.3 is 5.97 Å². The van der Waals surface area contributed by atoms with Crippen LogP contribution in [0, 0.1) is 34.5 Å². The maximum Gasteiger partial charge on any atom is 0.331 e. The first-order valence-electron chi connectivity index (χ1n) is 14.7. The summed E-state index contributed by atoms with van der Waals surface area (Å²) in [5.41, 5.74) is -1.22. The van der Waals surface area contributed by atoms with Crippen LogP contribution in [0.15, 0.2) is 11.6 Å². The van der Waals surface area contributed by atoms with Gasteiger partial charge in [0, 0.05) is 11.5 Å². The lowest BCUT2D eigenvalue weighted by molar-refractivity contribution is -0.342. The summed E-state index contributed by atoms with van der Waals surface area (Å²) in [5.74, 6) is -0.131. The molecule has 14 atom stereocenters. The van der Waals surface area contributed by atoms with Crippen molar-refractivity contribution in [1.29, 1.82) is 0 Å². The predicted octanol–water partition coefficient (Wildman–Crippen LogP) is 0.399. The molecule has 4 aliphatic carbocycles. The van der Waals surface area contributed by atoms with Gasteiger partial charge < -0.3 is 44.8 Å². The molecule has 6 rings (SSSR count). The van der Waals surface area contributed by atoms with Crippen LogP contribution in [0.5, 0.6) is 0 Å². The van der Waals surface area contributed by atoms with E-state index in [2.05, 4.69) is 6.92 Å². The van der Waals surface area contributed by atoms with Crippen LogP contribution in [0.1, 0.15) is 65.2 Å². The highest BCUT2D eigenvalue weighted by atomic mass is 16.7. The maximum atomic E-state index is 12.8. The summed E-state index contributed by atoms with van der Waals surface area (Å²) in [6.45, 7) is 3.92. The summed E-state index contributed by atoms with van der Waals surface area (Å²) in [7, 11) is 0. The predicted molar refractivity (Wildman–Crippen MR) is 136 cm³/mol. The first-order valence-corrected chi connectivity index (χ1v) is 14.7. The first kappa shape index (κ1) is 28.0. The van der Waals surface area contributed by atoms with Crippen LogP contribution < -0.4 is 0 Å². The zero-order valence-corrected chi connectivity index (χ0v) is 22.8. The zero-order chi connectivity index (χ0) is 27.9. The van der Waals surface area contributed by atoms with Gasteiger partial charge in [0.1, 0.15) is 31.0 Å². The van der Waals surface area contributed by atoms with Crippen LogP contribution >= 0.6 is 0 Å². The molecule has 1 saturated heterocycles. The summed E-state index contributed by atoms with van der Waals surface area (Å²) < 4.78 is 17.6. The number of cyclic esters (lactones) is 1. The number of carbonyl (C=O) groups is 1. The highest BCUT2D eigenvalue weighted by Crippen LogP contribution is 2.70. The molecule has 0 bridgehead atoms. The Morgan fingerprint density at radius 3 is 2.44 bits per heavy atom. The number of esters is 1. The van der Waals surface area contributed by atoms with Gasteiger partial charge in [0.15, 0.2) is 6.29 Å². The topological polar surface area (TPSA) is 166 Å². The second-order valence-corrected chi connectivity index (χ2v) is 13.6. The summed E-state index contributed by atoms with van der Waals surface area (Å²) in [6, 6.07) is 0. The van der Waals surface area contributed by atoms with E-state index in [0.717, 1.165) is 37.7 Å². The molecule has 220 valence electrons. The van der Waals surface area contributed by atoms with Crippen LogP contribution in [0.25, 0.3) is 0 Å². The molecule has 2 aliphatic heterocycles. The molecule has 0 amide bonds. The third-order valence-electron chi connectivity index (χ3n) is 12.2. The summed E-state index contributed by atoms with van der Waals surface area (Å²) in [6.07, 6.45) is -0.518. The number of hydrogen-bond donors (Lipinski definition) is 6. The van der Waals surface area contributed by atoms with Crippen LogP contribution in [0.3, 0.4) is 0 Å². The normalized spacial score (nSPS) is 55.3. The van der Waals surface area contributed by atoms with E-state index in [-0.39, 0.29) is 35.9 Å². The molecule has 0 aromatic heterocycles. The molecule has 4 saturated carbocycles. The van der Waals surface area contributed by atoms with E-state index in [9.17, 15) is 35.4 Å². The van der Waals surface area contributed by atoms with Crippen molar-refractivity contribution in [3.63, 3.8) is 0 Å². The van der Waals surface area contributed by atoms with Crippen LogP contribution in [-0.2, 0) is 19.0 Å². The number of fused-ring (bicyclic) bond motifs is 5. The molecule has 10 nitrogen and oxygen atoms in total. The highest BCUT2D eigenvalue weighted by Gasteiger charge is 2.71. The average Bonchev–Trinajstić information content (AvgIpc) is 3.45. The smallest absolute Gasteiger partial charge is 0.331 e. The first-order chi connectivity index (χ1) is 18.4. The van der Waals surface area contributed by atoms with Crippen molar-refractivity contribution in [2.45, 2.75) is 114 Å². The fourth-order valence-corrected chi connectivity index (χ4v) is 9.88. The number of carbonyl (C=O) groups excluding carboxylic acids is 1. The van der Waals surface area contributed by atoms with Gasteiger partial charge in [-0.05, 0) is 86.0 Å². The van der Waals surface area contributed by atoms with Crippen molar-refractivity contribution in [3.8, 4) is 0 Å². The molecule has 0 aromatic rings. The number of aliphatic hydroxyl groups excluding tert-OH is 5. The Kier molecular flexibility index (Phi) is 6.99. The van der Waals surface area contributed by atoms with Crippen molar-refractivity contribution < 1.29 is 49.6 Å². The number of hydrogen-bond acceptors (Lipinski definition) is 10. The third-order valence-corrected chi connectivity index (χ3v) is 12.2. The van der Waals surface area contributed by atoms with Gasteiger partial charge in [0.2, 0.25) is 0 Å². The standard InChI is InChI=1S/C29H44O10/c1-27-7-5-16(31)10-15(27)3-4-18-19(27)11-21(39-26-25(35)24(34)23(33)20(12-30)38-26)28(2)17(6-8-29(18,28)36)14-9-22(32)37-13-14/h9,15-21,23-26,30-31,33-36H,3-8,10-13H2,1-2H3/t15-,16+,17-,18-,19+,20-,21-,23-,24+,25-,26+,27+,28+,29+/m1/s1. The minimum absolute atomic E-state index is 0.0114. The minimum atomic E-state index is -1.57. The lowest BCUT2D eigenvalue weighted by Crippen LogP contribution is -2.69. The maximum absolute atomic E-state index is 12.8. The molecule has 0 spiro atoms. The molecule has 6 aliphatic rings. The lowest BCUT2D eigenvalue weighted by Gasteiger charge is -2.65. The van der Waals surface area contributed by atoms with Gasteiger partial charge in [-0.2, -0.15) is 0 Å². The lowest BCUT2D eigenvalue weighted by atomic mass is 9.42. The summed E-state index contributed by atoms with van der Waals surface area (Å²) in [5, 5.41) is 64.5. The zero-order valence-electron chi connectivity index (χ0n) is 22.8. The monoisotopic (exact) mass is 552 g/mol. The van der Waals surface area contributed by atoms with E-state index < -0.39 is 60.4 Å². The van der Waals surface area contributed by atoms with E-state index in [1.807, 2.05) is 6.92 Å². The van der Waals surface area contributed by atoms with E-state index in [1.165, 1.54) is 6.08 Å². The minimum Gasteiger partial charge on any atom is -0.458 e. The van der Waals surface area contributed by atoms with Gasteiger partial charge in [0.05, 0.1) is 24.4 Å². The van der Waals surface area contributed by atoms with Gasteiger partial charge in [-0.15, -0.1) is 0 Å². The molecule has 39 heavy (non-hydrogen) atoms. The van der Waals surface area contributed by atoms with Crippen LogP contribution in [0.2, 0.25) is 0 Å². The van der Waals surface area contributed by atoms with Gasteiger partial charge in [-0.3, -0.25) is 0 Å². The SMILES string of the molecule is C[C@]12CC[C@H](O)C[C@H]1CC[C@@H]1[C@@H]2C[C@@H](O[C@@H]2O[C@H](CO)[C@@H](O)[C@H](O)[C@H]2O)[C@]2(C)[C@@H](C3=CC(=O)OC3)CC[C@]12O. The Balaban J connectivity index is 1.39. The van der Waals surface area contributed by atoms with Crippen molar-refractivity contribution in [2.24, 2.45) is 34.5 Å². The summed E-state index contributed by atoms with van der Waals surface area (Å²) in [4.78, 5) is 12.0. The number of rotatable bonds is 4. The molecular formula is C29H44O10. The largest absolute Gasteiger partial charge is 0.458 e. The third kappa shape index (κ3) is 4.00. The highest BCUT2D eigenvalue weighted by molar-refractivity contribution is 5.85. The Labute approximate surface area is 229 Å². The van der Waals surface area contributed by atoms with E-state index in [0.29, 0.717) is 25.2 Å². The van der Waals surface area contributed by atoms with Gasteiger partial charge in [0.25, 0.3) is 0 Å². The molecule has 0 radical (unpaired) electrons. The molecule has 0 aromatic carbocycles. The van der Waals surface area contributed by atoms with Gasteiger partial charge in [-0.25, -0.2) is 4.79 Å². The van der Waals surface area contributed by atoms with Crippen molar-refractivity contribution in [1.82, 2.24) is 0 Å². The number of aliphatic hydroxyl groups is 6. The second-order valence-electron chi connectivity index (χ2n) is 13.6. The van der Waals surface area contributed by atoms with Crippen molar-refractivity contribution in [2.75, 3.05) is 13.2 Å². The quantitative estimate of drug-likeness (QED) is 0.212. The molecule has 10 heteroatoms. The molecule has 5 fully saturated rings. The molecule has 6 N–H and O–H groups in total. The molecule has 2 heterocycles. The Morgan fingerprint density at radius 1 is 0.974 bits per heavy atom.